The minimum absolute atomic E-state index is 0.127. The number of hydrogen-bond acceptors (Lipinski definition) is 1. The van der Waals surface area contributed by atoms with Crippen LogP contribution in [0.4, 0.5) is 4.39 Å². The minimum atomic E-state index is -0.163. The van der Waals surface area contributed by atoms with Crippen LogP contribution in [0.15, 0.2) is 24.3 Å². The maximum Gasteiger partial charge on any atom is 0.123 e. The molecule has 0 amide bonds. The van der Waals surface area contributed by atoms with E-state index >= 15 is 0 Å². The third-order valence-electron chi connectivity index (χ3n) is 2.45. The van der Waals surface area contributed by atoms with Crippen molar-refractivity contribution < 1.29 is 4.39 Å². The molecular formula is C13H20FN. The third-order valence-corrected chi connectivity index (χ3v) is 2.45. The summed E-state index contributed by atoms with van der Waals surface area (Å²) in [6, 6.07) is 6.98. The molecule has 0 aliphatic carbocycles. The van der Waals surface area contributed by atoms with Crippen LogP contribution in [0.5, 0.6) is 0 Å². The first-order valence-electron chi connectivity index (χ1n) is 5.39. The Morgan fingerprint density at radius 2 is 2.07 bits per heavy atom. The van der Waals surface area contributed by atoms with Gasteiger partial charge in [-0.25, -0.2) is 4.39 Å². The van der Waals surface area contributed by atoms with E-state index < -0.39 is 0 Å². The van der Waals surface area contributed by atoms with Gasteiger partial charge >= 0.3 is 0 Å². The monoisotopic (exact) mass is 209 g/mol. The standard InChI is InChI=1S/C13H20FN/c1-10(15)8-13(2,3)9-11-5-4-6-12(14)7-11/h4-7,10H,8-9,15H2,1-3H3. The smallest absolute Gasteiger partial charge is 0.123 e. The molecule has 0 fully saturated rings. The molecule has 0 saturated heterocycles. The van der Waals surface area contributed by atoms with Gasteiger partial charge in [-0.15, -0.1) is 0 Å². The highest BCUT2D eigenvalue weighted by Crippen LogP contribution is 2.27. The fraction of sp³-hybridized carbons (Fsp3) is 0.538. The van der Waals surface area contributed by atoms with Gasteiger partial charge in [0.2, 0.25) is 0 Å². The van der Waals surface area contributed by atoms with Crippen LogP contribution >= 0.6 is 0 Å². The first kappa shape index (κ1) is 12.2. The van der Waals surface area contributed by atoms with Gasteiger partial charge in [-0.2, -0.15) is 0 Å². The van der Waals surface area contributed by atoms with E-state index in [1.165, 1.54) is 6.07 Å². The normalized spacial score (nSPS) is 13.9. The lowest BCUT2D eigenvalue weighted by molar-refractivity contribution is 0.309. The Morgan fingerprint density at radius 1 is 1.40 bits per heavy atom. The second kappa shape index (κ2) is 4.75. The molecule has 1 aromatic carbocycles. The van der Waals surface area contributed by atoms with E-state index in [0.29, 0.717) is 0 Å². The predicted octanol–water partition coefficient (Wildman–Crippen LogP) is 3.13. The minimum Gasteiger partial charge on any atom is -0.328 e. The van der Waals surface area contributed by atoms with Crippen LogP contribution < -0.4 is 5.73 Å². The van der Waals surface area contributed by atoms with E-state index in [-0.39, 0.29) is 17.3 Å². The fourth-order valence-electron chi connectivity index (χ4n) is 2.14. The maximum atomic E-state index is 13.0. The summed E-state index contributed by atoms with van der Waals surface area (Å²) in [6.45, 7) is 6.34. The molecule has 15 heavy (non-hydrogen) atoms. The molecule has 0 aromatic heterocycles. The lowest BCUT2D eigenvalue weighted by atomic mass is 9.80. The van der Waals surface area contributed by atoms with Crippen LogP contribution in [0.1, 0.15) is 32.8 Å². The highest BCUT2D eigenvalue weighted by Gasteiger charge is 2.20. The summed E-state index contributed by atoms with van der Waals surface area (Å²) in [4.78, 5) is 0. The van der Waals surface area contributed by atoms with E-state index in [9.17, 15) is 4.39 Å². The van der Waals surface area contributed by atoms with Gasteiger partial charge in [0.15, 0.2) is 0 Å². The van der Waals surface area contributed by atoms with E-state index in [1.807, 2.05) is 13.0 Å². The zero-order valence-electron chi connectivity index (χ0n) is 9.76. The van der Waals surface area contributed by atoms with Crippen molar-refractivity contribution in [1.29, 1.82) is 0 Å². The summed E-state index contributed by atoms with van der Waals surface area (Å²) in [6.07, 6.45) is 1.82. The van der Waals surface area contributed by atoms with Gasteiger partial charge in [0.1, 0.15) is 5.82 Å². The van der Waals surface area contributed by atoms with Gasteiger partial charge in [-0.05, 0) is 42.9 Å². The molecular weight excluding hydrogens is 189 g/mol. The zero-order valence-corrected chi connectivity index (χ0v) is 9.76. The lowest BCUT2D eigenvalue weighted by Crippen LogP contribution is -2.26. The van der Waals surface area contributed by atoms with Crippen molar-refractivity contribution in [2.75, 3.05) is 0 Å². The maximum absolute atomic E-state index is 13.0. The summed E-state index contributed by atoms with van der Waals surface area (Å²) in [5.74, 6) is -0.163. The highest BCUT2D eigenvalue weighted by atomic mass is 19.1. The molecule has 2 N–H and O–H groups in total. The molecule has 0 aliphatic rings. The number of rotatable bonds is 4. The van der Waals surface area contributed by atoms with Crippen LogP contribution in [0.25, 0.3) is 0 Å². The fourth-order valence-corrected chi connectivity index (χ4v) is 2.14. The molecule has 1 unspecified atom stereocenters. The Balaban J connectivity index is 2.68. The predicted molar refractivity (Wildman–Crippen MR) is 62.2 cm³/mol. The van der Waals surface area contributed by atoms with Gasteiger partial charge in [0.25, 0.3) is 0 Å². The number of benzene rings is 1. The Morgan fingerprint density at radius 3 is 2.60 bits per heavy atom. The molecule has 2 heteroatoms. The molecule has 0 spiro atoms. The van der Waals surface area contributed by atoms with Gasteiger partial charge in [0, 0.05) is 6.04 Å². The van der Waals surface area contributed by atoms with E-state index in [1.54, 1.807) is 12.1 Å². The molecule has 0 bridgehead atoms. The summed E-state index contributed by atoms with van der Waals surface area (Å²) < 4.78 is 13.0. The summed E-state index contributed by atoms with van der Waals surface area (Å²) in [7, 11) is 0. The van der Waals surface area contributed by atoms with Crippen molar-refractivity contribution in [3.8, 4) is 0 Å². The molecule has 1 nitrogen and oxygen atoms in total. The van der Waals surface area contributed by atoms with Crippen molar-refractivity contribution >= 4 is 0 Å². The van der Waals surface area contributed by atoms with E-state index in [0.717, 1.165) is 18.4 Å². The molecule has 1 aromatic rings. The van der Waals surface area contributed by atoms with Crippen molar-refractivity contribution in [3.05, 3.63) is 35.6 Å². The van der Waals surface area contributed by atoms with Crippen LogP contribution in [0, 0.1) is 11.2 Å². The zero-order chi connectivity index (χ0) is 11.5. The summed E-state index contributed by atoms with van der Waals surface area (Å²) in [5.41, 5.74) is 6.96. The van der Waals surface area contributed by atoms with Crippen LogP contribution in [0.3, 0.4) is 0 Å². The van der Waals surface area contributed by atoms with Gasteiger partial charge < -0.3 is 5.73 Å². The van der Waals surface area contributed by atoms with Crippen molar-refractivity contribution in [2.24, 2.45) is 11.1 Å². The van der Waals surface area contributed by atoms with Crippen LogP contribution in [-0.2, 0) is 6.42 Å². The van der Waals surface area contributed by atoms with Gasteiger partial charge in [-0.3, -0.25) is 0 Å². The van der Waals surface area contributed by atoms with E-state index in [4.69, 9.17) is 5.73 Å². The summed E-state index contributed by atoms with van der Waals surface area (Å²) in [5, 5.41) is 0. The number of hydrogen-bond donors (Lipinski definition) is 1. The Hall–Kier alpha value is -0.890. The second-order valence-electron chi connectivity index (χ2n) is 5.15. The second-order valence-corrected chi connectivity index (χ2v) is 5.15. The Bertz CT molecular complexity index is 318. The first-order valence-corrected chi connectivity index (χ1v) is 5.39. The molecule has 84 valence electrons. The molecule has 0 saturated carbocycles. The third kappa shape index (κ3) is 4.43. The van der Waals surface area contributed by atoms with Crippen molar-refractivity contribution in [1.82, 2.24) is 0 Å². The largest absolute Gasteiger partial charge is 0.328 e. The van der Waals surface area contributed by atoms with Crippen LogP contribution in [-0.4, -0.2) is 6.04 Å². The molecule has 1 atom stereocenters. The SMILES string of the molecule is CC(N)CC(C)(C)Cc1cccc(F)c1. The quantitative estimate of drug-likeness (QED) is 0.810. The van der Waals surface area contributed by atoms with E-state index in [2.05, 4.69) is 13.8 Å². The summed E-state index contributed by atoms with van der Waals surface area (Å²) >= 11 is 0. The van der Waals surface area contributed by atoms with Crippen molar-refractivity contribution in [2.45, 2.75) is 39.7 Å². The molecule has 0 aliphatic heterocycles. The average molecular weight is 209 g/mol. The van der Waals surface area contributed by atoms with Gasteiger partial charge in [-0.1, -0.05) is 26.0 Å². The molecule has 1 rings (SSSR count). The molecule has 0 radical (unpaired) electrons. The number of halogens is 1. The van der Waals surface area contributed by atoms with Crippen molar-refractivity contribution in [3.63, 3.8) is 0 Å². The topological polar surface area (TPSA) is 26.0 Å². The lowest BCUT2D eigenvalue weighted by Gasteiger charge is -2.26. The molecule has 0 heterocycles. The Labute approximate surface area is 91.5 Å². The Kier molecular flexibility index (Phi) is 3.86. The van der Waals surface area contributed by atoms with Crippen LogP contribution in [0.2, 0.25) is 0 Å². The first-order chi connectivity index (χ1) is 6.89. The number of nitrogens with two attached hydrogens (primary N) is 1. The van der Waals surface area contributed by atoms with Gasteiger partial charge in [0.05, 0.1) is 0 Å². The highest BCUT2D eigenvalue weighted by molar-refractivity contribution is 5.17. The average Bonchev–Trinajstić information content (AvgIpc) is 1.99.